The summed E-state index contributed by atoms with van der Waals surface area (Å²) in [5.41, 5.74) is 0.392. The van der Waals surface area contributed by atoms with Crippen LogP contribution in [0.4, 0.5) is 4.39 Å². The quantitative estimate of drug-likeness (QED) is 0.946. The lowest BCUT2D eigenvalue weighted by molar-refractivity contribution is -0.0230. The van der Waals surface area contributed by atoms with E-state index in [9.17, 15) is 14.0 Å². The molecule has 1 aromatic heterocycles. The molecule has 23 heavy (non-hydrogen) atoms. The number of rotatable bonds is 3. The summed E-state index contributed by atoms with van der Waals surface area (Å²) in [6.07, 6.45) is 6.37. The van der Waals surface area contributed by atoms with Gasteiger partial charge in [0.15, 0.2) is 11.2 Å². The smallest absolute Gasteiger partial charge is 0.287 e. The molecular formula is C18H18FNO3. The lowest BCUT2D eigenvalue weighted by atomic mass is 9.52. The molecule has 4 nitrogen and oxygen atoms in total. The molecule has 2 fully saturated rings. The average molecular weight is 315 g/mol. The predicted octanol–water partition coefficient (Wildman–Crippen LogP) is 3.24. The summed E-state index contributed by atoms with van der Waals surface area (Å²) in [5.74, 6) is -0.382. The van der Waals surface area contributed by atoms with Crippen LogP contribution in [0.1, 0.15) is 42.7 Å². The van der Waals surface area contributed by atoms with Crippen LogP contribution in [0.25, 0.3) is 11.0 Å². The topological polar surface area (TPSA) is 59.3 Å². The van der Waals surface area contributed by atoms with Crippen LogP contribution in [0.5, 0.6) is 0 Å². The van der Waals surface area contributed by atoms with E-state index in [1.165, 1.54) is 44.2 Å². The molecular weight excluding hydrogens is 297 g/mol. The van der Waals surface area contributed by atoms with Crippen molar-refractivity contribution in [1.82, 2.24) is 5.32 Å². The second-order valence-electron chi connectivity index (χ2n) is 6.95. The number of benzene rings is 1. The van der Waals surface area contributed by atoms with Crippen molar-refractivity contribution in [3.05, 3.63) is 46.1 Å². The van der Waals surface area contributed by atoms with Gasteiger partial charge in [0.1, 0.15) is 11.4 Å². The largest absolute Gasteiger partial charge is 0.451 e. The van der Waals surface area contributed by atoms with Gasteiger partial charge in [-0.3, -0.25) is 9.59 Å². The Morgan fingerprint density at radius 3 is 2.78 bits per heavy atom. The Hall–Kier alpha value is -2.17. The second-order valence-corrected chi connectivity index (χ2v) is 6.95. The van der Waals surface area contributed by atoms with Crippen molar-refractivity contribution in [3.8, 4) is 0 Å². The first-order valence-corrected chi connectivity index (χ1v) is 8.06. The maximum atomic E-state index is 13.2. The molecule has 0 bridgehead atoms. The molecule has 1 aromatic carbocycles. The van der Waals surface area contributed by atoms with Crippen LogP contribution in [0, 0.1) is 17.2 Å². The maximum absolute atomic E-state index is 13.2. The molecule has 1 heterocycles. The van der Waals surface area contributed by atoms with E-state index in [0.717, 1.165) is 12.1 Å². The highest BCUT2D eigenvalue weighted by Gasteiger charge is 2.47. The minimum atomic E-state index is -0.503. The summed E-state index contributed by atoms with van der Waals surface area (Å²) in [7, 11) is 0. The van der Waals surface area contributed by atoms with Crippen LogP contribution in [0.2, 0.25) is 0 Å². The number of hydrogen-bond donors (Lipinski definition) is 1. The van der Waals surface area contributed by atoms with Crippen molar-refractivity contribution >= 4 is 16.9 Å². The van der Waals surface area contributed by atoms with Gasteiger partial charge in [0.05, 0.1) is 5.39 Å². The fourth-order valence-corrected chi connectivity index (χ4v) is 3.96. The van der Waals surface area contributed by atoms with Gasteiger partial charge in [0.25, 0.3) is 5.91 Å². The van der Waals surface area contributed by atoms with Crippen LogP contribution in [-0.2, 0) is 0 Å². The van der Waals surface area contributed by atoms with Crippen LogP contribution in [-0.4, -0.2) is 12.5 Å². The Morgan fingerprint density at radius 1 is 1.30 bits per heavy atom. The SMILES string of the molecule is O=C(NCC1CC2(CCC2)C1)c1cc(=O)c2cc(F)ccc2o1. The normalized spacial score (nSPS) is 19.3. The van der Waals surface area contributed by atoms with Crippen molar-refractivity contribution in [2.24, 2.45) is 11.3 Å². The van der Waals surface area contributed by atoms with Crippen LogP contribution in [0.3, 0.4) is 0 Å². The Bertz CT molecular complexity index is 830. The van der Waals surface area contributed by atoms with E-state index in [1.54, 1.807) is 0 Å². The van der Waals surface area contributed by atoms with E-state index < -0.39 is 11.2 Å². The molecule has 120 valence electrons. The summed E-state index contributed by atoms with van der Waals surface area (Å²) in [4.78, 5) is 24.2. The van der Waals surface area contributed by atoms with E-state index in [-0.39, 0.29) is 22.6 Å². The van der Waals surface area contributed by atoms with Gasteiger partial charge in [-0.1, -0.05) is 6.42 Å². The standard InChI is InChI=1S/C18H18FNO3/c19-12-2-3-15-13(6-12)14(21)7-16(23-15)17(22)20-10-11-8-18(9-11)4-1-5-18/h2-3,6-7,11H,1,4-5,8-10H2,(H,20,22). The highest BCUT2D eigenvalue weighted by atomic mass is 19.1. The first-order chi connectivity index (χ1) is 11.0. The Balaban J connectivity index is 1.45. The van der Waals surface area contributed by atoms with Gasteiger partial charge in [0, 0.05) is 12.6 Å². The van der Waals surface area contributed by atoms with E-state index in [0.29, 0.717) is 17.9 Å². The summed E-state index contributed by atoms with van der Waals surface area (Å²) >= 11 is 0. The van der Waals surface area contributed by atoms with Crippen molar-refractivity contribution in [3.63, 3.8) is 0 Å². The van der Waals surface area contributed by atoms with E-state index >= 15 is 0 Å². The zero-order valence-electron chi connectivity index (χ0n) is 12.7. The molecule has 5 heteroatoms. The third-order valence-electron chi connectivity index (χ3n) is 5.32. The molecule has 1 spiro atoms. The molecule has 0 radical (unpaired) electrons. The summed E-state index contributed by atoms with van der Waals surface area (Å²) in [5, 5.41) is 2.99. The number of carbonyl (C=O) groups is 1. The number of fused-ring (bicyclic) bond motifs is 1. The van der Waals surface area contributed by atoms with Crippen molar-refractivity contribution < 1.29 is 13.6 Å². The molecule has 0 atom stereocenters. The van der Waals surface area contributed by atoms with Crippen LogP contribution < -0.4 is 10.7 Å². The first-order valence-electron chi connectivity index (χ1n) is 8.06. The molecule has 2 saturated carbocycles. The minimum Gasteiger partial charge on any atom is -0.451 e. The Labute approximate surface area is 132 Å². The van der Waals surface area contributed by atoms with Gasteiger partial charge in [0.2, 0.25) is 0 Å². The monoisotopic (exact) mass is 315 g/mol. The van der Waals surface area contributed by atoms with E-state index in [2.05, 4.69) is 5.32 Å². The van der Waals surface area contributed by atoms with Gasteiger partial charge in [-0.25, -0.2) is 4.39 Å². The lowest BCUT2D eigenvalue weighted by Gasteiger charge is -2.54. The van der Waals surface area contributed by atoms with Gasteiger partial charge in [-0.05, 0) is 55.2 Å². The molecule has 0 aliphatic heterocycles. The highest BCUT2D eigenvalue weighted by molar-refractivity contribution is 5.93. The minimum absolute atomic E-state index is 0.0215. The van der Waals surface area contributed by atoms with Crippen LogP contribution in [0.15, 0.2) is 33.5 Å². The van der Waals surface area contributed by atoms with E-state index in [1.807, 2.05) is 0 Å². The predicted molar refractivity (Wildman–Crippen MR) is 83.8 cm³/mol. The fraction of sp³-hybridized carbons (Fsp3) is 0.444. The summed E-state index contributed by atoms with van der Waals surface area (Å²) in [6.45, 7) is 0.617. The van der Waals surface area contributed by atoms with Crippen molar-refractivity contribution in [2.45, 2.75) is 32.1 Å². The number of hydrogen-bond acceptors (Lipinski definition) is 3. The summed E-state index contributed by atoms with van der Waals surface area (Å²) in [6, 6.07) is 4.83. The van der Waals surface area contributed by atoms with E-state index in [4.69, 9.17) is 4.42 Å². The maximum Gasteiger partial charge on any atom is 0.287 e. The number of halogens is 1. The van der Waals surface area contributed by atoms with Gasteiger partial charge in [-0.2, -0.15) is 0 Å². The molecule has 0 unspecified atom stereocenters. The van der Waals surface area contributed by atoms with Gasteiger partial charge in [-0.15, -0.1) is 0 Å². The molecule has 4 rings (SSSR count). The molecule has 2 aliphatic carbocycles. The summed E-state index contributed by atoms with van der Waals surface area (Å²) < 4.78 is 18.6. The third-order valence-corrected chi connectivity index (χ3v) is 5.32. The second kappa shape index (κ2) is 5.18. The van der Waals surface area contributed by atoms with Crippen LogP contribution >= 0.6 is 0 Å². The molecule has 1 N–H and O–H groups in total. The van der Waals surface area contributed by atoms with Gasteiger partial charge >= 0.3 is 0 Å². The number of amides is 1. The molecule has 1 amide bonds. The first kappa shape index (κ1) is 14.4. The van der Waals surface area contributed by atoms with Gasteiger partial charge < -0.3 is 9.73 Å². The fourth-order valence-electron chi connectivity index (χ4n) is 3.96. The third kappa shape index (κ3) is 2.54. The zero-order valence-corrected chi connectivity index (χ0v) is 12.7. The zero-order chi connectivity index (χ0) is 16.0. The molecule has 2 aliphatic rings. The molecule has 0 saturated heterocycles. The Morgan fingerprint density at radius 2 is 2.09 bits per heavy atom. The van der Waals surface area contributed by atoms with Crippen molar-refractivity contribution in [2.75, 3.05) is 6.54 Å². The van der Waals surface area contributed by atoms with Crippen molar-refractivity contribution in [1.29, 1.82) is 0 Å². The lowest BCUT2D eigenvalue weighted by Crippen LogP contribution is -2.46. The number of nitrogens with one attached hydrogen (secondary N) is 1. The average Bonchev–Trinajstić information content (AvgIpc) is 2.44. The molecule has 2 aromatic rings. The highest BCUT2D eigenvalue weighted by Crippen LogP contribution is 2.58. The number of carbonyl (C=O) groups excluding carboxylic acids is 1. The Kier molecular flexibility index (Phi) is 3.25.